The van der Waals surface area contributed by atoms with Crippen molar-refractivity contribution in [2.45, 2.75) is 19.0 Å². The van der Waals surface area contributed by atoms with Crippen LogP contribution in [0.15, 0.2) is 43.0 Å². The number of hydrogen-bond acceptors (Lipinski definition) is 5. The van der Waals surface area contributed by atoms with Crippen molar-refractivity contribution >= 4 is 17.8 Å². The van der Waals surface area contributed by atoms with Gasteiger partial charge in [-0.3, -0.25) is 19.2 Å². The summed E-state index contributed by atoms with van der Waals surface area (Å²) in [5, 5.41) is 9.33. The summed E-state index contributed by atoms with van der Waals surface area (Å²) in [7, 11) is 0. The third-order valence-electron chi connectivity index (χ3n) is 3.89. The number of imide groups is 1. The Kier molecular flexibility index (Phi) is 5.03. The Morgan fingerprint density at radius 2 is 2.08 bits per heavy atom. The van der Waals surface area contributed by atoms with E-state index in [2.05, 4.69) is 20.7 Å². The molecule has 1 fully saturated rings. The van der Waals surface area contributed by atoms with Crippen LogP contribution in [0.25, 0.3) is 0 Å². The zero-order valence-corrected chi connectivity index (χ0v) is 13.5. The highest BCUT2D eigenvalue weighted by Crippen LogP contribution is 2.17. The molecule has 2 N–H and O–H groups in total. The second kappa shape index (κ2) is 7.56. The van der Waals surface area contributed by atoms with Crippen LogP contribution in [0.4, 0.5) is 4.79 Å². The Bertz CT molecular complexity index is 730. The van der Waals surface area contributed by atoms with Crippen LogP contribution in [0.1, 0.15) is 18.0 Å². The maximum Gasteiger partial charge on any atom is 0.325 e. The van der Waals surface area contributed by atoms with Crippen molar-refractivity contribution in [1.82, 2.24) is 30.3 Å². The zero-order chi connectivity index (χ0) is 17.6. The molecule has 4 amide bonds. The fourth-order valence-electron chi connectivity index (χ4n) is 2.62. The average molecular weight is 342 g/mol. The Balaban J connectivity index is 1.65. The van der Waals surface area contributed by atoms with Crippen molar-refractivity contribution in [1.29, 1.82) is 0 Å². The Labute approximate surface area is 144 Å². The molecular formula is C16H18N6O3. The number of carbonyl (C=O) groups excluding carboxylic acids is 3. The molecule has 1 aromatic heterocycles. The normalized spacial score (nSPS) is 15.1. The van der Waals surface area contributed by atoms with Gasteiger partial charge in [0.25, 0.3) is 5.91 Å². The Hall–Kier alpha value is -3.23. The van der Waals surface area contributed by atoms with Crippen LogP contribution in [0.3, 0.4) is 0 Å². The van der Waals surface area contributed by atoms with Crippen LogP contribution in [0.5, 0.6) is 0 Å². The molecule has 9 nitrogen and oxygen atoms in total. The van der Waals surface area contributed by atoms with E-state index in [0.29, 0.717) is 13.0 Å². The third kappa shape index (κ3) is 4.19. The topological polar surface area (TPSA) is 109 Å². The van der Waals surface area contributed by atoms with Crippen molar-refractivity contribution in [2.24, 2.45) is 0 Å². The monoisotopic (exact) mass is 342 g/mol. The van der Waals surface area contributed by atoms with Gasteiger partial charge in [-0.2, -0.15) is 5.10 Å². The van der Waals surface area contributed by atoms with Gasteiger partial charge in [-0.15, -0.1) is 0 Å². The van der Waals surface area contributed by atoms with Crippen LogP contribution in [-0.4, -0.2) is 50.6 Å². The lowest BCUT2D eigenvalue weighted by Gasteiger charge is -2.21. The molecule has 0 saturated carbocycles. The number of nitrogens with zero attached hydrogens (tertiary/aromatic N) is 4. The molecule has 2 heterocycles. The number of urea groups is 1. The molecule has 0 bridgehead atoms. The van der Waals surface area contributed by atoms with Crippen LogP contribution >= 0.6 is 0 Å². The minimum atomic E-state index is -0.543. The molecule has 0 radical (unpaired) electrons. The predicted octanol–water partition coefficient (Wildman–Crippen LogP) is 0.0775. The average Bonchev–Trinajstić information content (AvgIpc) is 3.25. The van der Waals surface area contributed by atoms with Gasteiger partial charge in [0.2, 0.25) is 5.91 Å². The second-order valence-electron chi connectivity index (χ2n) is 5.62. The number of nitrogens with one attached hydrogen (secondary N) is 2. The highest BCUT2D eigenvalue weighted by molar-refractivity contribution is 6.04. The number of carbonyl (C=O) groups is 3. The van der Waals surface area contributed by atoms with Gasteiger partial charge in [-0.25, -0.2) is 9.78 Å². The fraction of sp³-hybridized carbons (Fsp3) is 0.312. The molecule has 1 aliphatic heterocycles. The van der Waals surface area contributed by atoms with E-state index >= 15 is 0 Å². The molecule has 2 aromatic rings. The number of aryl methyl sites for hydroxylation is 1. The van der Waals surface area contributed by atoms with Crippen molar-refractivity contribution in [3.8, 4) is 0 Å². The number of hydrogen-bond donors (Lipinski definition) is 2. The van der Waals surface area contributed by atoms with Gasteiger partial charge in [0.05, 0.1) is 12.6 Å². The quantitative estimate of drug-likeness (QED) is 0.693. The molecule has 3 rings (SSSR count). The summed E-state index contributed by atoms with van der Waals surface area (Å²) in [5.41, 5.74) is 0.938. The predicted molar refractivity (Wildman–Crippen MR) is 87.1 cm³/mol. The van der Waals surface area contributed by atoms with E-state index < -0.39 is 17.8 Å². The van der Waals surface area contributed by atoms with E-state index in [9.17, 15) is 14.4 Å². The van der Waals surface area contributed by atoms with Gasteiger partial charge in [0, 0.05) is 6.54 Å². The first-order chi connectivity index (χ1) is 12.1. The van der Waals surface area contributed by atoms with E-state index in [1.807, 2.05) is 30.3 Å². The van der Waals surface area contributed by atoms with Crippen LogP contribution in [0.2, 0.25) is 0 Å². The van der Waals surface area contributed by atoms with Crippen molar-refractivity contribution in [2.75, 3.05) is 13.1 Å². The number of benzene rings is 1. The van der Waals surface area contributed by atoms with E-state index in [4.69, 9.17) is 0 Å². The summed E-state index contributed by atoms with van der Waals surface area (Å²) in [6.07, 6.45) is 3.66. The van der Waals surface area contributed by atoms with Gasteiger partial charge in [0.15, 0.2) is 0 Å². The van der Waals surface area contributed by atoms with E-state index in [1.54, 1.807) is 11.0 Å². The third-order valence-corrected chi connectivity index (χ3v) is 3.89. The summed E-state index contributed by atoms with van der Waals surface area (Å²) in [4.78, 5) is 40.3. The molecule has 1 aromatic carbocycles. The minimum absolute atomic E-state index is 0.0689. The van der Waals surface area contributed by atoms with Crippen LogP contribution in [-0.2, 0) is 16.1 Å². The summed E-state index contributed by atoms with van der Waals surface area (Å²) >= 11 is 0. The molecule has 9 heteroatoms. The first-order valence-corrected chi connectivity index (χ1v) is 7.88. The first-order valence-electron chi connectivity index (χ1n) is 7.88. The zero-order valence-electron chi connectivity index (χ0n) is 13.5. The lowest BCUT2D eigenvalue weighted by atomic mass is 10.0. The van der Waals surface area contributed by atoms with E-state index in [0.717, 1.165) is 10.5 Å². The lowest BCUT2D eigenvalue weighted by Crippen LogP contribution is -2.42. The van der Waals surface area contributed by atoms with Crippen LogP contribution < -0.4 is 10.6 Å². The molecular weight excluding hydrogens is 324 g/mol. The fourth-order valence-corrected chi connectivity index (χ4v) is 2.62. The molecule has 1 aliphatic rings. The van der Waals surface area contributed by atoms with E-state index in [1.165, 1.54) is 6.33 Å². The highest BCUT2D eigenvalue weighted by Gasteiger charge is 2.30. The number of aromatic nitrogens is 3. The maximum atomic E-state index is 12.3. The lowest BCUT2D eigenvalue weighted by molar-refractivity contribution is -0.131. The standard InChI is InChI=1S/C16H18N6O3/c23-14(9-22-15(24)8-18-16(22)25)20-13(12-4-2-1-3-5-12)6-7-21-11-17-10-19-21/h1-5,10-11,13H,6-9H2,(H,18,25)(H,20,23)/t13-/m0/s1. The van der Waals surface area contributed by atoms with E-state index in [-0.39, 0.29) is 19.1 Å². The van der Waals surface area contributed by atoms with Gasteiger partial charge >= 0.3 is 6.03 Å². The number of rotatable bonds is 7. The summed E-state index contributed by atoms with van der Waals surface area (Å²) in [6, 6.07) is 8.70. The smallest absolute Gasteiger partial charge is 0.325 e. The van der Waals surface area contributed by atoms with Gasteiger partial charge in [-0.05, 0) is 12.0 Å². The van der Waals surface area contributed by atoms with Crippen molar-refractivity contribution in [3.05, 3.63) is 48.5 Å². The maximum absolute atomic E-state index is 12.3. The van der Waals surface area contributed by atoms with Crippen molar-refractivity contribution in [3.63, 3.8) is 0 Å². The molecule has 0 aliphatic carbocycles. The molecule has 25 heavy (non-hydrogen) atoms. The first kappa shape index (κ1) is 16.6. The molecule has 1 saturated heterocycles. The van der Waals surface area contributed by atoms with Gasteiger partial charge in [-0.1, -0.05) is 30.3 Å². The molecule has 1 atom stereocenters. The Morgan fingerprint density at radius 3 is 2.72 bits per heavy atom. The SMILES string of the molecule is O=C(CN1C(=O)CNC1=O)N[C@@H](CCn1cncn1)c1ccccc1. The molecule has 0 spiro atoms. The van der Waals surface area contributed by atoms with Gasteiger partial charge < -0.3 is 10.6 Å². The highest BCUT2D eigenvalue weighted by atomic mass is 16.2. The largest absolute Gasteiger partial charge is 0.348 e. The van der Waals surface area contributed by atoms with Crippen molar-refractivity contribution < 1.29 is 14.4 Å². The minimum Gasteiger partial charge on any atom is -0.348 e. The van der Waals surface area contributed by atoms with Crippen LogP contribution in [0, 0.1) is 0 Å². The Morgan fingerprint density at radius 1 is 1.28 bits per heavy atom. The summed E-state index contributed by atoms with van der Waals surface area (Å²) in [5.74, 6) is -0.795. The molecule has 0 unspecified atom stereocenters. The summed E-state index contributed by atoms with van der Waals surface area (Å²) in [6.45, 7) is 0.209. The van der Waals surface area contributed by atoms with Gasteiger partial charge in [0.1, 0.15) is 19.2 Å². The number of amides is 4. The summed E-state index contributed by atoms with van der Waals surface area (Å²) < 4.78 is 1.68. The second-order valence-corrected chi connectivity index (χ2v) is 5.62. The molecule has 130 valence electrons.